The van der Waals surface area contributed by atoms with Crippen LogP contribution in [0.2, 0.25) is 0 Å². The first-order valence-electron chi connectivity index (χ1n) is 6.85. The molecule has 0 aliphatic carbocycles. The van der Waals surface area contributed by atoms with Crippen molar-refractivity contribution in [1.29, 1.82) is 0 Å². The number of carbonyl (C=O) groups excluding carboxylic acids is 1. The van der Waals surface area contributed by atoms with E-state index in [4.69, 9.17) is 4.74 Å². The fourth-order valence-corrected chi connectivity index (χ4v) is 1.55. The van der Waals surface area contributed by atoms with Crippen LogP contribution in [0.25, 0.3) is 0 Å². The summed E-state index contributed by atoms with van der Waals surface area (Å²) in [6, 6.07) is 6.02. The van der Waals surface area contributed by atoms with Gasteiger partial charge in [-0.25, -0.2) is 0 Å². The van der Waals surface area contributed by atoms with E-state index in [0.29, 0.717) is 5.92 Å². The van der Waals surface area contributed by atoms with E-state index >= 15 is 0 Å². The molecule has 2 unspecified atom stereocenters. The molecule has 1 amide bonds. The van der Waals surface area contributed by atoms with Crippen molar-refractivity contribution in [3.63, 3.8) is 0 Å². The van der Waals surface area contributed by atoms with Crippen molar-refractivity contribution in [2.45, 2.75) is 53.7 Å². The Morgan fingerprint density at radius 2 is 1.74 bits per heavy atom. The molecule has 0 radical (unpaired) electrons. The Morgan fingerprint density at radius 1 is 1.11 bits per heavy atom. The predicted molar refractivity (Wildman–Crippen MR) is 78.4 cm³/mol. The molecule has 0 fully saturated rings. The smallest absolute Gasteiger partial charge is 0.260 e. The average molecular weight is 263 g/mol. The number of benzene rings is 1. The zero-order valence-electron chi connectivity index (χ0n) is 12.8. The van der Waals surface area contributed by atoms with Gasteiger partial charge in [0, 0.05) is 6.04 Å². The summed E-state index contributed by atoms with van der Waals surface area (Å²) in [7, 11) is 0. The van der Waals surface area contributed by atoms with Crippen LogP contribution in [0.3, 0.4) is 0 Å². The van der Waals surface area contributed by atoms with Crippen molar-refractivity contribution in [2.24, 2.45) is 5.92 Å². The summed E-state index contributed by atoms with van der Waals surface area (Å²) in [5.41, 5.74) is 2.39. The summed E-state index contributed by atoms with van der Waals surface area (Å²) >= 11 is 0. The van der Waals surface area contributed by atoms with Gasteiger partial charge in [-0.15, -0.1) is 0 Å². The van der Waals surface area contributed by atoms with Gasteiger partial charge in [-0.1, -0.05) is 19.9 Å². The van der Waals surface area contributed by atoms with E-state index in [1.54, 1.807) is 6.92 Å². The molecule has 0 saturated heterocycles. The summed E-state index contributed by atoms with van der Waals surface area (Å²) in [6.07, 6.45) is -0.483. The number of hydrogen-bond donors (Lipinski definition) is 1. The molecule has 0 saturated carbocycles. The van der Waals surface area contributed by atoms with E-state index in [2.05, 4.69) is 26.1 Å². The molecule has 0 aromatic heterocycles. The molecule has 19 heavy (non-hydrogen) atoms. The lowest BCUT2D eigenvalue weighted by atomic mass is 10.1. The standard InChI is InChI=1S/C16H25NO2/c1-10(2)13(5)17-16(18)14(6)19-15-8-7-11(3)12(4)9-15/h7-10,13-14H,1-6H3,(H,17,18). The SMILES string of the molecule is Cc1ccc(OC(C)C(=O)NC(C)C(C)C)cc1C. The van der Waals surface area contributed by atoms with Crippen molar-refractivity contribution in [1.82, 2.24) is 5.32 Å². The fraction of sp³-hybridized carbons (Fsp3) is 0.562. The second-order valence-corrected chi connectivity index (χ2v) is 5.55. The highest BCUT2D eigenvalue weighted by molar-refractivity contribution is 5.81. The summed E-state index contributed by atoms with van der Waals surface area (Å²) in [5, 5.41) is 2.96. The first kappa shape index (κ1) is 15.5. The Hall–Kier alpha value is -1.51. The first-order chi connectivity index (χ1) is 8.81. The second kappa shape index (κ2) is 6.60. The third-order valence-electron chi connectivity index (χ3n) is 3.53. The Labute approximate surface area is 116 Å². The molecule has 0 spiro atoms. The van der Waals surface area contributed by atoms with Crippen molar-refractivity contribution >= 4 is 5.91 Å². The fourth-order valence-electron chi connectivity index (χ4n) is 1.55. The monoisotopic (exact) mass is 263 g/mol. The molecule has 0 heterocycles. The van der Waals surface area contributed by atoms with Crippen LogP contribution in [0.4, 0.5) is 0 Å². The summed E-state index contributed by atoms with van der Waals surface area (Å²) in [5.74, 6) is 1.08. The van der Waals surface area contributed by atoms with Gasteiger partial charge in [-0.05, 0) is 56.9 Å². The largest absolute Gasteiger partial charge is 0.481 e. The summed E-state index contributed by atoms with van der Waals surface area (Å²) in [6.45, 7) is 12.0. The third kappa shape index (κ3) is 4.58. The maximum atomic E-state index is 12.0. The highest BCUT2D eigenvalue weighted by Gasteiger charge is 2.18. The number of rotatable bonds is 5. The number of amides is 1. The molecule has 2 atom stereocenters. The van der Waals surface area contributed by atoms with Gasteiger partial charge < -0.3 is 10.1 Å². The van der Waals surface area contributed by atoms with E-state index in [0.717, 1.165) is 5.75 Å². The quantitative estimate of drug-likeness (QED) is 0.885. The molecular weight excluding hydrogens is 238 g/mol. The van der Waals surface area contributed by atoms with Gasteiger partial charge in [-0.3, -0.25) is 4.79 Å². The van der Waals surface area contributed by atoms with Gasteiger partial charge in [0.25, 0.3) is 5.91 Å². The summed E-state index contributed by atoms with van der Waals surface area (Å²) < 4.78 is 5.68. The van der Waals surface area contributed by atoms with E-state index in [1.807, 2.05) is 32.0 Å². The topological polar surface area (TPSA) is 38.3 Å². The van der Waals surface area contributed by atoms with E-state index in [-0.39, 0.29) is 11.9 Å². The maximum absolute atomic E-state index is 12.0. The molecular formula is C16H25NO2. The van der Waals surface area contributed by atoms with Crippen LogP contribution in [-0.4, -0.2) is 18.1 Å². The number of aryl methyl sites for hydroxylation is 2. The molecule has 3 heteroatoms. The predicted octanol–water partition coefficient (Wildman–Crippen LogP) is 3.23. The minimum atomic E-state index is -0.483. The Kier molecular flexibility index (Phi) is 5.40. The average Bonchev–Trinajstić information content (AvgIpc) is 2.33. The van der Waals surface area contributed by atoms with Crippen LogP contribution in [0.5, 0.6) is 5.75 Å². The van der Waals surface area contributed by atoms with Crippen molar-refractivity contribution < 1.29 is 9.53 Å². The van der Waals surface area contributed by atoms with Crippen molar-refractivity contribution in [3.8, 4) is 5.75 Å². The number of carbonyl (C=O) groups is 1. The van der Waals surface area contributed by atoms with Gasteiger partial charge in [0.1, 0.15) is 5.75 Å². The van der Waals surface area contributed by atoms with Crippen molar-refractivity contribution in [3.05, 3.63) is 29.3 Å². The molecule has 0 bridgehead atoms. The van der Waals surface area contributed by atoms with Gasteiger partial charge in [0.2, 0.25) is 0 Å². The highest BCUT2D eigenvalue weighted by atomic mass is 16.5. The van der Waals surface area contributed by atoms with Crippen LogP contribution in [0.15, 0.2) is 18.2 Å². The molecule has 3 nitrogen and oxygen atoms in total. The molecule has 1 rings (SSSR count). The molecule has 1 aromatic carbocycles. The first-order valence-corrected chi connectivity index (χ1v) is 6.85. The number of hydrogen-bond acceptors (Lipinski definition) is 2. The summed E-state index contributed by atoms with van der Waals surface area (Å²) in [4.78, 5) is 12.0. The zero-order valence-corrected chi connectivity index (χ0v) is 12.8. The van der Waals surface area contributed by atoms with Crippen LogP contribution in [-0.2, 0) is 4.79 Å². The minimum absolute atomic E-state index is 0.0700. The highest BCUT2D eigenvalue weighted by Crippen LogP contribution is 2.17. The second-order valence-electron chi connectivity index (χ2n) is 5.55. The third-order valence-corrected chi connectivity index (χ3v) is 3.53. The van der Waals surface area contributed by atoms with Crippen LogP contribution < -0.4 is 10.1 Å². The molecule has 1 aromatic rings. The maximum Gasteiger partial charge on any atom is 0.260 e. The molecule has 1 N–H and O–H groups in total. The lowest BCUT2D eigenvalue weighted by Crippen LogP contribution is -2.43. The molecule has 0 aliphatic heterocycles. The molecule has 0 aliphatic rings. The van der Waals surface area contributed by atoms with Gasteiger partial charge in [0.15, 0.2) is 6.10 Å². The van der Waals surface area contributed by atoms with Gasteiger partial charge in [-0.2, -0.15) is 0 Å². The van der Waals surface area contributed by atoms with Crippen molar-refractivity contribution in [2.75, 3.05) is 0 Å². The van der Waals surface area contributed by atoms with E-state index < -0.39 is 6.10 Å². The van der Waals surface area contributed by atoms with Crippen LogP contribution >= 0.6 is 0 Å². The van der Waals surface area contributed by atoms with Crippen LogP contribution in [0.1, 0.15) is 38.8 Å². The Bertz CT molecular complexity index is 440. The Morgan fingerprint density at radius 3 is 2.26 bits per heavy atom. The minimum Gasteiger partial charge on any atom is -0.481 e. The molecule has 106 valence electrons. The van der Waals surface area contributed by atoms with E-state index in [9.17, 15) is 4.79 Å². The number of ether oxygens (including phenoxy) is 1. The zero-order chi connectivity index (χ0) is 14.6. The van der Waals surface area contributed by atoms with Crippen LogP contribution in [0, 0.1) is 19.8 Å². The number of nitrogens with one attached hydrogen (secondary N) is 1. The lowest BCUT2D eigenvalue weighted by Gasteiger charge is -2.21. The Balaban J connectivity index is 2.61. The normalized spacial score (nSPS) is 14.1. The van der Waals surface area contributed by atoms with Gasteiger partial charge >= 0.3 is 0 Å². The van der Waals surface area contributed by atoms with Gasteiger partial charge in [0.05, 0.1) is 0 Å². The lowest BCUT2D eigenvalue weighted by molar-refractivity contribution is -0.128. The van der Waals surface area contributed by atoms with E-state index in [1.165, 1.54) is 11.1 Å².